The van der Waals surface area contributed by atoms with E-state index in [2.05, 4.69) is 39.2 Å². The number of hydrogen-bond donors (Lipinski definition) is 0. The summed E-state index contributed by atoms with van der Waals surface area (Å²) in [6, 6.07) is 8.51. The molecule has 0 amide bonds. The molecule has 0 aromatic heterocycles. The molecule has 0 N–H and O–H groups in total. The highest BCUT2D eigenvalue weighted by molar-refractivity contribution is 5.58. The zero-order chi connectivity index (χ0) is 12.6. The molecule has 4 nitrogen and oxygen atoms in total. The topological polar surface area (TPSA) is 52.0 Å². The van der Waals surface area contributed by atoms with E-state index in [1.807, 2.05) is 12.2 Å². The molecule has 0 atom stereocenters. The van der Waals surface area contributed by atoms with Crippen molar-refractivity contribution >= 4 is 11.8 Å². The van der Waals surface area contributed by atoms with Gasteiger partial charge in [-0.1, -0.05) is 29.4 Å². The maximum Gasteiger partial charge on any atom is 0.0443 e. The van der Waals surface area contributed by atoms with Gasteiger partial charge in [0.15, 0.2) is 0 Å². The summed E-state index contributed by atoms with van der Waals surface area (Å²) >= 11 is 0. The Morgan fingerprint density at radius 2 is 2.11 bits per heavy atom. The lowest BCUT2D eigenvalue weighted by Gasteiger charge is -2.29. The molecule has 1 saturated heterocycles. The fourth-order valence-corrected chi connectivity index (χ4v) is 2.25. The van der Waals surface area contributed by atoms with Gasteiger partial charge in [-0.25, -0.2) is 0 Å². The van der Waals surface area contributed by atoms with Crippen molar-refractivity contribution in [3.8, 4) is 0 Å². The molecular weight excluding hydrogens is 224 g/mol. The van der Waals surface area contributed by atoms with E-state index >= 15 is 0 Å². The van der Waals surface area contributed by atoms with Crippen molar-refractivity contribution in [2.24, 2.45) is 5.11 Å². The summed E-state index contributed by atoms with van der Waals surface area (Å²) in [7, 11) is 0. The lowest BCUT2D eigenvalue weighted by molar-refractivity contribution is 0.578. The first-order valence-corrected chi connectivity index (χ1v) is 6.42. The van der Waals surface area contributed by atoms with Crippen LogP contribution < -0.4 is 4.90 Å². The van der Waals surface area contributed by atoms with Crippen molar-refractivity contribution in [1.82, 2.24) is 0 Å². The van der Waals surface area contributed by atoms with Gasteiger partial charge in [0.05, 0.1) is 0 Å². The molecular formula is C14H18N4. The SMILES string of the molecule is [N-]=[N+]=NCC=Cc1cccc(N2CCCCC2)c1. The first kappa shape index (κ1) is 12.5. The Bertz CT molecular complexity index is 455. The Morgan fingerprint density at radius 1 is 1.28 bits per heavy atom. The third-order valence-corrected chi connectivity index (χ3v) is 3.15. The zero-order valence-corrected chi connectivity index (χ0v) is 10.5. The van der Waals surface area contributed by atoms with Gasteiger partial charge in [0.2, 0.25) is 0 Å². The van der Waals surface area contributed by atoms with Crippen molar-refractivity contribution in [2.75, 3.05) is 24.5 Å². The molecule has 1 aromatic rings. The summed E-state index contributed by atoms with van der Waals surface area (Å²) in [5.74, 6) is 0. The predicted octanol–water partition coefficient (Wildman–Crippen LogP) is 4.00. The number of azide groups is 1. The molecule has 1 aromatic carbocycles. The van der Waals surface area contributed by atoms with Crippen LogP contribution in [-0.4, -0.2) is 19.6 Å². The van der Waals surface area contributed by atoms with Crippen molar-refractivity contribution in [3.05, 3.63) is 46.3 Å². The van der Waals surface area contributed by atoms with Crippen LogP contribution in [0.3, 0.4) is 0 Å². The molecule has 0 unspecified atom stereocenters. The van der Waals surface area contributed by atoms with Crippen LogP contribution in [0.4, 0.5) is 5.69 Å². The van der Waals surface area contributed by atoms with E-state index < -0.39 is 0 Å². The monoisotopic (exact) mass is 242 g/mol. The van der Waals surface area contributed by atoms with Gasteiger partial charge in [-0.2, -0.15) is 0 Å². The second-order valence-corrected chi connectivity index (χ2v) is 4.46. The van der Waals surface area contributed by atoms with Crippen molar-refractivity contribution in [2.45, 2.75) is 19.3 Å². The summed E-state index contributed by atoms with van der Waals surface area (Å²) in [6.45, 7) is 2.72. The summed E-state index contributed by atoms with van der Waals surface area (Å²) in [5, 5.41) is 3.48. The molecule has 0 spiro atoms. The molecule has 1 aliphatic heterocycles. The van der Waals surface area contributed by atoms with Gasteiger partial charge in [0.25, 0.3) is 0 Å². The maximum absolute atomic E-state index is 8.20. The molecule has 0 aliphatic carbocycles. The van der Waals surface area contributed by atoms with E-state index in [-0.39, 0.29) is 0 Å². The van der Waals surface area contributed by atoms with Crippen molar-refractivity contribution in [1.29, 1.82) is 0 Å². The first-order valence-electron chi connectivity index (χ1n) is 6.42. The fourth-order valence-electron chi connectivity index (χ4n) is 2.25. The van der Waals surface area contributed by atoms with Crippen molar-refractivity contribution < 1.29 is 0 Å². The molecule has 4 heteroatoms. The van der Waals surface area contributed by atoms with E-state index in [0.717, 1.165) is 18.7 Å². The van der Waals surface area contributed by atoms with Crippen LogP contribution in [0, 0.1) is 0 Å². The molecule has 1 fully saturated rings. The van der Waals surface area contributed by atoms with Gasteiger partial charge in [-0.15, -0.1) is 0 Å². The largest absolute Gasteiger partial charge is 0.372 e. The summed E-state index contributed by atoms with van der Waals surface area (Å²) in [4.78, 5) is 5.16. The van der Waals surface area contributed by atoms with Crippen LogP contribution in [0.5, 0.6) is 0 Å². The van der Waals surface area contributed by atoms with Crippen molar-refractivity contribution in [3.63, 3.8) is 0 Å². The van der Waals surface area contributed by atoms with Gasteiger partial charge in [0, 0.05) is 30.2 Å². The third-order valence-electron chi connectivity index (χ3n) is 3.15. The van der Waals surface area contributed by atoms with Gasteiger partial charge in [-0.3, -0.25) is 0 Å². The average Bonchev–Trinajstić information content (AvgIpc) is 2.45. The fraction of sp³-hybridized carbons (Fsp3) is 0.429. The molecule has 0 bridgehead atoms. The second-order valence-electron chi connectivity index (χ2n) is 4.46. The van der Waals surface area contributed by atoms with Crippen LogP contribution >= 0.6 is 0 Å². The normalized spacial score (nSPS) is 15.7. The quantitative estimate of drug-likeness (QED) is 0.447. The minimum Gasteiger partial charge on any atom is -0.372 e. The van der Waals surface area contributed by atoms with Gasteiger partial charge in [-0.05, 0) is 42.5 Å². The van der Waals surface area contributed by atoms with Gasteiger partial charge >= 0.3 is 0 Å². The smallest absolute Gasteiger partial charge is 0.0443 e. The minimum atomic E-state index is 0.407. The number of hydrogen-bond acceptors (Lipinski definition) is 2. The molecule has 2 rings (SSSR count). The summed E-state index contributed by atoms with van der Waals surface area (Å²) < 4.78 is 0. The molecule has 1 heterocycles. The Morgan fingerprint density at radius 3 is 2.89 bits per heavy atom. The van der Waals surface area contributed by atoms with Crippen LogP contribution in [0.2, 0.25) is 0 Å². The van der Waals surface area contributed by atoms with E-state index in [0.29, 0.717) is 6.54 Å². The average molecular weight is 242 g/mol. The lowest BCUT2D eigenvalue weighted by atomic mass is 10.1. The highest BCUT2D eigenvalue weighted by Crippen LogP contribution is 2.21. The Labute approximate surface area is 108 Å². The third kappa shape index (κ3) is 3.54. The van der Waals surface area contributed by atoms with Crippen LogP contribution in [0.1, 0.15) is 24.8 Å². The van der Waals surface area contributed by atoms with Gasteiger partial charge in [0.1, 0.15) is 0 Å². The number of piperidine rings is 1. The standard InChI is InChI=1S/C14H18N4/c15-17-16-9-5-7-13-6-4-8-14(12-13)18-10-2-1-3-11-18/h4-8,12H,1-3,9-11H2. The first-order chi connectivity index (χ1) is 8.90. The van der Waals surface area contributed by atoms with E-state index in [1.165, 1.54) is 24.9 Å². The Hall–Kier alpha value is -1.93. The molecule has 0 radical (unpaired) electrons. The second kappa shape index (κ2) is 6.72. The van der Waals surface area contributed by atoms with E-state index in [4.69, 9.17) is 5.53 Å². The Kier molecular flexibility index (Phi) is 4.68. The highest BCUT2D eigenvalue weighted by atomic mass is 15.1. The molecule has 0 saturated carbocycles. The predicted molar refractivity (Wildman–Crippen MR) is 75.6 cm³/mol. The van der Waals surface area contributed by atoms with Crippen LogP contribution in [0.15, 0.2) is 35.5 Å². The van der Waals surface area contributed by atoms with Gasteiger partial charge < -0.3 is 4.90 Å². The lowest BCUT2D eigenvalue weighted by Crippen LogP contribution is -2.29. The van der Waals surface area contributed by atoms with E-state index in [1.54, 1.807) is 0 Å². The van der Waals surface area contributed by atoms with Crippen LogP contribution in [0.25, 0.3) is 16.5 Å². The number of benzene rings is 1. The molecule has 94 valence electrons. The van der Waals surface area contributed by atoms with Crippen LogP contribution in [-0.2, 0) is 0 Å². The zero-order valence-electron chi connectivity index (χ0n) is 10.5. The highest BCUT2D eigenvalue weighted by Gasteiger charge is 2.10. The molecule has 1 aliphatic rings. The minimum absolute atomic E-state index is 0.407. The number of anilines is 1. The summed E-state index contributed by atoms with van der Waals surface area (Å²) in [6.07, 6.45) is 7.81. The summed E-state index contributed by atoms with van der Waals surface area (Å²) in [5.41, 5.74) is 10.6. The number of rotatable bonds is 4. The maximum atomic E-state index is 8.20. The molecule has 18 heavy (non-hydrogen) atoms. The Balaban J connectivity index is 2.04. The number of nitrogens with zero attached hydrogens (tertiary/aromatic N) is 4. The van der Waals surface area contributed by atoms with E-state index in [9.17, 15) is 0 Å².